The van der Waals surface area contributed by atoms with Crippen molar-refractivity contribution >= 4 is 11.4 Å². The van der Waals surface area contributed by atoms with Crippen molar-refractivity contribution in [3.63, 3.8) is 0 Å². The van der Waals surface area contributed by atoms with Crippen LogP contribution in [0.2, 0.25) is 0 Å². The summed E-state index contributed by atoms with van der Waals surface area (Å²) in [5.74, 6) is 0. The quantitative estimate of drug-likeness (QED) is 0.788. The molecule has 1 aliphatic rings. The Morgan fingerprint density at radius 1 is 1.16 bits per heavy atom. The van der Waals surface area contributed by atoms with E-state index in [-0.39, 0.29) is 0 Å². The van der Waals surface area contributed by atoms with Crippen LogP contribution in [-0.4, -0.2) is 36.1 Å². The molecule has 0 spiro atoms. The van der Waals surface area contributed by atoms with Crippen molar-refractivity contribution in [3.05, 3.63) is 36.8 Å². The molecule has 2 heterocycles. The second kappa shape index (κ2) is 5.24. The van der Waals surface area contributed by atoms with E-state index < -0.39 is 0 Å². The third-order valence-electron chi connectivity index (χ3n) is 3.38. The molecule has 0 aliphatic carbocycles. The molecule has 0 bridgehead atoms. The molecule has 2 aromatic rings. The molecule has 1 aromatic carbocycles. The zero-order valence-corrected chi connectivity index (χ0v) is 10.7. The topological polar surface area (TPSA) is 67.1 Å². The maximum absolute atomic E-state index is 6.16. The second-order valence-electron chi connectivity index (χ2n) is 4.60. The van der Waals surface area contributed by atoms with E-state index in [1.807, 2.05) is 18.2 Å². The van der Waals surface area contributed by atoms with Crippen molar-refractivity contribution in [2.45, 2.75) is 0 Å². The highest BCUT2D eigenvalue weighted by Crippen LogP contribution is 2.28. The lowest BCUT2D eigenvalue weighted by Gasteiger charge is -2.29. The van der Waals surface area contributed by atoms with Crippen molar-refractivity contribution in [2.75, 3.05) is 36.8 Å². The Morgan fingerprint density at radius 3 is 2.68 bits per heavy atom. The first-order valence-corrected chi connectivity index (χ1v) is 6.46. The fourth-order valence-corrected chi connectivity index (χ4v) is 2.35. The number of nitrogens with zero attached hydrogens (tertiary/aromatic N) is 3. The molecule has 0 atom stereocenters. The van der Waals surface area contributed by atoms with Gasteiger partial charge in [0.1, 0.15) is 6.33 Å². The molecular weight excluding hydrogens is 238 g/mol. The van der Waals surface area contributed by atoms with Crippen molar-refractivity contribution in [1.29, 1.82) is 0 Å². The lowest BCUT2D eigenvalue weighted by Crippen LogP contribution is -2.43. The smallest absolute Gasteiger partial charge is 0.116 e. The highest BCUT2D eigenvalue weighted by Gasteiger charge is 2.12. The predicted molar refractivity (Wildman–Crippen MR) is 77.0 cm³/mol. The summed E-state index contributed by atoms with van der Waals surface area (Å²) in [4.78, 5) is 10.5. The Balaban J connectivity index is 1.89. The number of benzene rings is 1. The molecule has 5 nitrogen and oxygen atoms in total. The zero-order chi connectivity index (χ0) is 13.1. The van der Waals surface area contributed by atoms with E-state index in [0.29, 0.717) is 0 Å². The van der Waals surface area contributed by atoms with Gasteiger partial charge >= 0.3 is 0 Å². The van der Waals surface area contributed by atoms with E-state index >= 15 is 0 Å². The Kier molecular flexibility index (Phi) is 3.29. The molecule has 98 valence electrons. The maximum atomic E-state index is 6.16. The first-order valence-electron chi connectivity index (χ1n) is 6.46. The van der Waals surface area contributed by atoms with E-state index in [0.717, 1.165) is 43.1 Å². The number of piperazine rings is 1. The maximum Gasteiger partial charge on any atom is 0.116 e. The van der Waals surface area contributed by atoms with Crippen LogP contribution in [0.25, 0.3) is 11.3 Å². The van der Waals surface area contributed by atoms with Crippen LogP contribution in [0, 0.1) is 0 Å². The number of rotatable bonds is 2. The van der Waals surface area contributed by atoms with Gasteiger partial charge in [0.05, 0.1) is 5.69 Å². The van der Waals surface area contributed by atoms with Crippen molar-refractivity contribution in [2.24, 2.45) is 0 Å². The highest BCUT2D eigenvalue weighted by molar-refractivity contribution is 5.77. The molecule has 5 heteroatoms. The fourth-order valence-electron chi connectivity index (χ4n) is 2.35. The van der Waals surface area contributed by atoms with Crippen LogP contribution in [0.1, 0.15) is 0 Å². The van der Waals surface area contributed by atoms with E-state index in [4.69, 9.17) is 5.73 Å². The van der Waals surface area contributed by atoms with Gasteiger partial charge < -0.3 is 16.0 Å². The normalized spacial score (nSPS) is 15.5. The monoisotopic (exact) mass is 255 g/mol. The van der Waals surface area contributed by atoms with E-state index in [1.54, 1.807) is 12.5 Å². The van der Waals surface area contributed by atoms with Crippen molar-refractivity contribution in [1.82, 2.24) is 15.3 Å². The van der Waals surface area contributed by atoms with Gasteiger partial charge in [-0.1, -0.05) is 0 Å². The third-order valence-corrected chi connectivity index (χ3v) is 3.38. The number of nitrogen functional groups attached to an aromatic ring is 1. The summed E-state index contributed by atoms with van der Waals surface area (Å²) in [5, 5.41) is 3.35. The van der Waals surface area contributed by atoms with Gasteiger partial charge in [-0.25, -0.2) is 9.97 Å². The zero-order valence-electron chi connectivity index (χ0n) is 10.7. The Labute approximate surface area is 112 Å². The molecule has 0 amide bonds. The van der Waals surface area contributed by atoms with Gasteiger partial charge in [0.2, 0.25) is 0 Å². The minimum Gasteiger partial charge on any atom is -0.398 e. The molecule has 0 saturated carbocycles. The lowest BCUT2D eigenvalue weighted by atomic mass is 10.1. The van der Waals surface area contributed by atoms with Gasteiger partial charge in [-0.15, -0.1) is 0 Å². The summed E-state index contributed by atoms with van der Waals surface area (Å²) >= 11 is 0. The first-order chi connectivity index (χ1) is 9.34. The molecule has 1 fully saturated rings. The highest BCUT2D eigenvalue weighted by atomic mass is 15.2. The predicted octanol–water partition coefficient (Wildman–Crippen LogP) is 1.14. The van der Waals surface area contributed by atoms with Crippen molar-refractivity contribution < 1.29 is 0 Å². The molecule has 0 unspecified atom stereocenters. The molecule has 1 aromatic heterocycles. The largest absolute Gasteiger partial charge is 0.398 e. The number of aromatic nitrogens is 2. The summed E-state index contributed by atoms with van der Waals surface area (Å²) in [5.41, 5.74) is 9.91. The van der Waals surface area contributed by atoms with Gasteiger partial charge in [-0.3, -0.25) is 0 Å². The molecule has 1 saturated heterocycles. The van der Waals surface area contributed by atoms with Crippen LogP contribution in [0.15, 0.2) is 36.8 Å². The number of nitrogens with one attached hydrogen (secondary N) is 1. The Hall–Kier alpha value is -2.14. The summed E-state index contributed by atoms with van der Waals surface area (Å²) < 4.78 is 0. The standard InChI is InChI=1S/C14H17N5/c15-13-9-11(19-7-5-16-6-8-19)1-2-12(13)14-3-4-17-10-18-14/h1-4,9-10,16H,5-8,15H2. The summed E-state index contributed by atoms with van der Waals surface area (Å²) in [7, 11) is 0. The molecule has 3 N–H and O–H groups in total. The molecule has 19 heavy (non-hydrogen) atoms. The van der Waals surface area contributed by atoms with E-state index in [1.165, 1.54) is 5.69 Å². The third kappa shape index (κ3) is 2.51. The molecule has 0 radical (unpaired) electrons. The Morgan fingerprint density at radius 2 is 2.00 bits per heavy atom. The summed E-state index contributed by atoms with van der Waals surface area (Å²) in [6, 6.07) is 8.05. The number of nitrogens with two attached hydrogens (primary N) is 1. The average Bonchev–Trinajstić information content (AvgIpc) is 2.49. The Bertz CT molecular complexity index is 549. The average molecular weight is 255 g/mol. The van der Waals surface area contributed by atoms with Gasteiger partial charge in [-0.05, 0) is 24.3 Å². The van der Waals surface area contributed by atoms with Gasteiger partial charge in [0.15, 0.2) is 0 Å². The summed E-state index contributed by atoms with van der Waals surface area (Å²) in [6.07, 6.45) is 3.27. The van der Waals surface area contributed by atoms with Crippen LogP contribution in [0.3, 0.4) is 0 Å². The second-order valence-corrected chi connectivity index (χ2v) is 4.60. The van der Waals surface area contributed by atoms with Gasteiger partial charge in [0.25, 0.3) is 0 Å². The van der Waals surface area contributed by atoms with Crippen LogP contribution in [0.4, 0.5) is 11.4 Å². The van der Waals surface area contributed by atoms with Crippen LogP contribution < -0.4 is 16.0 Å². The van der Waals surface area contributed by atoms with Crippen molar-refractivity contribution in [3.8, 4) is 11.3 Å². The minimum absolute atomic E-state index is 0.759. The lowest BCUT2D eigenvalue weighted by molar-refractivity contribution is 0.589. The number of anilines is 2. The van der Waals surface area contributed by atoms with E-state index in [9.17, 15) is 0 Å². The van der Waals surface area contributed by atoms with Gasteiger partial charge in [0, 0.05) is 49.3 Å². The van der Waals surface area contributed by atoms with Crippen LogP contribution >= 0.6 is 0 Å². The number of hydrogen-bond acceptors (Lipinski definition) is 5. The first kappa shape index (κ1) is 11.9. The van der Waals surface area contributed by atoms with E-state index in [2.05, 4.69) is 26.3 Å². The minimum atomic E-state index is 0.759. The molecular formula is C14H17N5. The molecule has 3 rings (SSSR count). The summed E-state index contributed by atoms with van der Waals surface area (Å²) in [6.45, 7) is 4.08. The van der Waals surface area contributed by atoms with Crippen LogP contribution in [0.5, 0.6) is 0 Å². The fraction of sp³-hybridized carbons (Fsp3) is 0.286. The van der Waals surface area contributed by atoms with Crippen LogP contribution in [-0.2, 0) is 0 Å². The van der Waals surface area contributed by atoms with Gasteiger partial charge in [-0.2, -0.15) is 0 Å². The SMILES string of the molecule is Nc1cc(N2CCNCC2)ccc1-c1ccncn1. The number of hydrogen-bond donors (Lipinski definition) is 2. The molecule has 1 aliphatic heterocycles.